The second kappa shape index (κ2) is 5.50. The van der Waals surface area contributed by atoms with E-state index < -0.39 is 0 Å². The van der Waals surface area contributed by atoms with Crippen LogP contribution in [-0.2, 0) is 4.74 Å². The van der Waals surface area contributed by atoms with Crippen LogP contribution >= 0.6 is 0 Å². The monoisotopic (exact) mass is 276 g/mol. The lowest BCUT2D eigenvalue weighted by Crippen LogP contribution is -2.16. The molecule has 1 unspecified atom stereocenters. The van der Waals surface area contributed by atoms with Crippen LogP contribution < -0.4 is 4.74 Å². The molecular formula is C14H16N2O4. The minimum absolute atomic E-state index is 0.0470. The van der Waals surface area contributed by atoms with Gasteiger partial charge in [0.15, 0.2) is 17.3 Å². The fourth-order valence-electron chi connectivity index (χ4n) is 2.29. The van der Waals surface area contributed by atoms with Gasteiger partial charge in [-0.05, 0) is 31.0 Å². The van der Waals surface area contributed by atoms with Gasteiger partial charge < -0.3 is 19.1 Å². The zero-order valence-corrected chi connectivity index (χ0v) is 11.2. The van der Waals surface area contributed by atoms with E-state index in [0.29, 0.717) is 29.6 Å². The van der Waals surface area contributed by atoms with Gasteiger partial charge in [-0.15, -0.1) is 0 Å². The molecule has 0 bridgehead atoms. The molecule has 3 rings (SSSR count). The molecule has 1 saturated heterocycles. The van der Waals surface area contributed by atoms with Gasteiger partial charge in [-0.1, -0.05) is 5.16 Å². The SMILES string of the molecule is COc1ccc(-c2nc(C3CCCOC3)no2)cc1O. The molecule has 1 aliphatic heterocycles. The van der Waals surface area contributed by atoms with Gasteiger partial charge in [0.05, 0.1) is 13.7 Å². The summed E-state index contributed by atoms with van der Waals surface area (Å²) in [7, 11) is 1.50. The van der Waals surface area contributed by atoms with E-state index in [4.69, 9.17) is 14.0 Å². The Morgan fingerprint density at radius 1 is 1.40 bits per heavy atom. The third-order valence-electron chi connectivity index (χ3n) is 3.39. The summed E-state index contributed by atoms with van der Waals surface area (Å²) in [5.41, 5.74) is 0.666. The highest BCUT2D eigenvalue weighted by molar-refractivity contribution is 5.59. The van der Waals surface area contributed by atoms with E-state index in [-0.39, 0.29) is 11.7 Å². The van der Waals surface area contributed by atoms with E-state index in [9.17, 15) is 5.11 Å². The van der Waals surface area contributed by atoms with Crippen LogP contribution in [0.15, 0.2) is 22.7 Å². The molecule has 0 spiro atoms. The Hall–Kier alpha value is -2.08. The van der Waals surface area contributed by atoms with Gasteiger partial charge >= 0.3 is 0 Å². The van der Waals surface area contributed by atoms with Gasteiger partial charge in [-0.3, -0.25) is 0 Å². The number of aromatic nitrogens is 2. The Kier molecular flexibility index (Phi) is 3.56. The minimum atomic E-state index is 0.0470. The van der Waals surface area contributed by atoms with Crippen LogP contribution in [0.4, 0.5) is 0 Å². The molecule has 1 aromatic carbocycles. The van der Waals surface area contributed by atoms with Crippen LogP contribution in [0.3, 0.4) is 0 Å². The van der Waals surface area contributed by atoms with Crippen LogP contribution in [0.2, 0.25) is 0 Å². The van der Waals surface area contributed by atoms with Crippen LogP contribution in [0.5, 0.6) is 11.5 Å². The molecule has 6 heteroatoms. The van der Waals surface area contributed by atoms with Gasteiger partial charge in [0, 0.05) is 18.1 Å². The molecule has 1 atom stereocenters. The summed E-state index contributed by atoms with van der Waals surface area (Å²) in [6.07, 6.45) is 2.02. The first-order valence-corrected chi connectivity index (χ1v) is 6.56. The van der Waals surface area contributed by atoms with Gasteiger partial charge in [0.25, 0.3) is 5.89 Å². The van der Waals surface area contributed by atoms with Crippen molar-refractivity contribution in [3.8, 4) is 23.0 Å². The molecule has 20 heavy (non-hydrogen) atoms. The number of benzene rings is 1. The Morgan fingerprint density at radius 2 is 2.30 bits per heavy atom. The van der Waals surface area contributed by atoms with E-state index in [1.165, 1.54) is 7.11 Å². The second-order valence-electron chi connectivity index (χ2n) is 4.76. The number of aromatic hydroxyl groups is 1. The van der Waals surface area contributed by atoms with Crippen molar-refractivity contribution in [1.82, 2.24) is 10.1 Å². The molecule has 6 nitrogen and oxygen atoms in total. The fourth-order valence-corrected chi connectivity index (χ4v) is 2.29. The summed E-state index contributed by atoms with van der Waals surface area (Å²) >= 11 is 0. The second-order valence-corrected chi connectivity index (χ2v) is 4.76. The highest BCUT2D eigenvalue weighted by atomic mass is 16.5. The van der Waals surface area contributed by atoms with Crippen LogP contribution in [0.25, 0.3) is 11.5 Å². The summed E-state index contributed by atoms with van der Waals surface area (Å²) in [5, 5.41) is 13.8. The first-order valence-electron chi connectivity index (χ1n) is 6.56. The Bertz CT molecular complexity index is 591. The number of phenols is 1. The summed E-state index contributed by atoms with van der Waals surface area (Å²) in [6, 6.07) is 4.99. The van der Waals surface area contributed by atoms with Crippen LogP contribution in [0.1, 0.15) is 24.6 Å². The van der Waals surface area contributed by atoms with Crippen LogP contribution in [0, 0.1) is 0 Å². The van der Waals surface area contributed by atoms with Crippen molar-refractivity contribution in [3.05, 3.63) is 24.0 Å². The van der Waals surface area contributed by atoms with E-state index in [2.05, 4.69) is 10.1 Å². The lowest BCUT2D eigenvalue weighted by molar-refractivity contribution is 0.0773. The number of phenolic OH excluding ortho intramolecular Hbond substituents is 1. The quantitative estimate of drug-likeness (QED) is 0.927. The Balaban J connectivity index is 1.84. The zero-order valence-electron chi connectivity index (χ0n) is 11.2. The number of rotatable bonds is 3. The van der Waals surface area contributed by atoms with Crippen molar-refractivity contribution in [2.75, 3.05) is 20.3 Å². The average Bonchev–Trinajstić information content (AvgIpc) is 2.98. The molecule has 1 N–H and O–H groups in total. The van der Waals surface area contributed by atoms with E-state index >= 15 is 0 Å². The number of ether oxygens (including phenoxy) is 2. The molecule has 106 valence electrons. The molecule has 0 amide bonds. The average molecular weight is 276 g/mol. The number of nitrogens with zero attached hydrogens (tertiary/aromatic N) is 2. The van der Waals surface area contributed by atoms with E-state index in [1.54, 1.807) is 18.2 Å². The predicted octanol–water partition coefficient (Wildman–Crippen LogP) is 2.34. The van der Waals surface area contributed by atoms with Gasteiger partial charge in [-0.2, -0.15) is 4.98 Å². The standard InChI is InChI=1S/C14H16N2O4/c1-18-12-5-4-9(7-11(12)17)14-15-13(16-20-14)10-3-2-6-19-8-10/h4-5,7,10,17H,2-3,6,8H2,1H3. The maximum Gasteiger partial charge on any atom is 0.258 e. The van der Waals surface area contributed by atoms with E-state index in [0.717, 1.165) is 19.4 Å². The van der Waals surface area contributed by atoms with Crippen molar-refractivity contribution in [2.24, 2.45) is 0 Å². The first kappa shape index (κ1) is 12.9. The molecule has 0 saturated carbocycles. The first-order chi connectivity index (χ1) is 9.78. The maximum absolute atomic E-state index is 9.77. The van der Waals surface area contributed by atoms with Gasteiger partial charge in [0.1, 0.15) is 0 Å². The summed E-state index contributed by atoms with van der Waals surface area (Å²) < 4.78 is 15.7. The highest BCUT2D eigenvalue weighted by Gasteiger charge is 2.22. The zero-order chi connectivity index (χ0) is 13.9. The third-order valence-corrected chi connectivity index (χ3v) is 3.39. The topological polar surface area (TPSA) is 77.6 Å². The number of hydrogen-bond acceptors (Lipinski definition) is 6. The Labute approximate surface area is 116 Å². The number of hydrogen-bond donors (Lipinski definition) is 1. The summed E-state index contributed by atoms with van der Waals surface area (Å²) in [5.74, 6) is 1.70. The summed E-state index contributed by atoms with van der Waals surface area (Å²) in [4.78, 5) is 4.39. The molecule has 1 aliphatic rings. The smallest absolute Gasteiger partial charge is 0.258 e. The lowest BCUT2D eigenvalue weighted by atomic mass is 10.0. The highest BCUT2D eigenvalue weighted by Crippen LogP contribution is 2.31. The van der Waals surface area contributed by atoms with Crippen molar-refractivity contribution >= 4 is 0 Å². The molecule has 2 heterocycles. The van der Waals surface area contributed by atoms with Crippen molar-refractivity contribution in [3.63, 3.8) is 0 Å². The van der Waals surface area contributed by atoms with E-state index in [1.807, 2.05) is 0 Å². The van der Waals surface area contributed by atoms with Crippen molar-refractivity contribution < 1.29 is 19.1 Å². The van der Waals surface area contributed by atoms with Crippen molar-refractivity contribution in [1.29, 1.82) is 0 Å². The Morgan fingerprint density at radius 3 is 3.00 bits per heavy atom. The number of methoxy groups -OCH3 is 1. The predicted molar refractivity (Wildman–Crippen MR) is 70.7 cm³/mol. The lowest BCUT2D eigenvalue weighted by Gasteiger charge is -2.18. The third kappa shape index (κ3) is 2.46. The molecule has 1 fully saturated rings. The van der Waals surface area contributed by atoms with Gasteiger partial charge in [-0.25, -0.2) is 0 Å². The molecule has 2 aromatic rings. The molecule has 1 aromatic heterocycles. The van der Waals surface area contributed by atoms with Gasteiger partial charge in [0.2, 0.25) is 0 Å². The summed E-state index contributed by atoms with van der Waals surface area (Å²) in [6.45, 7) is 1.43. The molecule has 0 aliphatic carbocycles. The normalized spacial score (nSPS) is 18.9. The largest absolute Gasteiger partial charge is 0.504 e. The maximum atomic E-state index is 9.77. The molecular weight excluding hydrogens is 260 g/mol. The fraction of sp³-hybridized carbons (Fsp3) is 0.429. The van der Waals surface area contributed by atoms with Crippen LogP contribution in [-0.4, -0.2) is 35.6 Å². The molecule has 0 radical (unpaired) electrons. The van der Waals surface area contributed by atoms with Crippen molar-refractivity contribution in [2.45, 2.75) is 18.8 Å². The minimum Gasteiger partial charge on any atom is -0.504 e.